The number of carbonyl (C=O) groups is 4. The van der Waals surface area contributed by atoms with Crippen LogP contribution in [0.2, 0.25) is 0 Å². The van der Waals surface area contributed by atoms with Gasteiger partial charge in [-0.2, -0.15) is 18.2 Å². The largest absolute Gasteiger partial charge is 0.421 e. The molecule has 1 unspecified atom stereocenters. The summed E-state index contributed by atoms with van der Waals surface area (Å²) < 4.78 is 56.9. The Morgan fingerprint density at radius 3 is 2.33 bits per heavy atom. The van der Waals surface area contributed by atoms with Crippen LogP contribution in [0, 0.1) is 5.82 Å². The predicted octanol–water partition coefficient (Wildman–Crippen LogP) is 5.49. The highest BCUT2D eigenvalue weighted by atomic mass is 19.4. The average molecular weight is 745 g/mol. The summed E-state index contributed by atoms with van der Waals surface area (Å²) in [4.78, 5) is 63.2. The first-order chi connectivity index (χ1) is 25.9. The number of alkyl halides is 3. The number of amides is 4. The molecule has 12 nitrogen and oxygen atoms in total. The van der Waals surface area contributed by atoms with Crippen molar-refractivity contribution in [2.45, 2.75) is 57.0 Å². The summed E-state index contributed by atoms with van der Waals surface area (Å²) in [6, 6.07) is 18.3. The number of benzene rings is 3. The van der Waals surface area contributed by atoms with Crippen molar-refractivity contribution in [3.05, 3.63) is 107 Å². The Balaban J connectivity index is 0.947. The SMILES string of the molecule is CN(Cc1ccc2c(c1F)C(=O)N(C1CCC(=O)NC1=O)C2=O)C1CCN(c2ccc(Nc3ncc(C(F)(F)F)c(NCc4ccccc4)n3)cc2)CC1. The molecule has 3 aliphatic rings. The maximum Gasteiger partial charge on any atom is 0.421 e. The number of carbonyl (C=O) groups excluding carboxylic acids is 4. The molecule has 0 radical (unpaired) electrons. The minimum Gasteiger partial charge on any atom is -0.371 e. The molecule has 3 aromatic carbocycles. The average Bonchev–Trinajstić information content (AvgIpc) is 3.41. The van der Waals surface area contributed by atoms with Crippen LogP contribution >= 0.6 is 0 Å². The Labute approximate surface area is 307 Å². The number of anilines is 4. The second-order valence-corrected chi connectivity index (χ2v) is 13.5. The fourth-order valence-corrected chi connectivity index (χ4v) is 7.10. The Hall–Kier alpha value is -5.90. The van der Waals surface area contributed by atoms with Crippen LogP contribution in [0.3, 0.4) is 0 Å². The van der Waals surface area contributed by atoms with Gasteiger partial charge in [0.05, 0.1) is 11.1 Å². The van der Waals surface area contributed by atoms with Crippen LogP contribution in [0.5, 0.6) is 0 Å². The summed E-state index contributed by atoms with van der Waals surface area (Å²) in [5, 5.41) is 7.90. The van der Waals surface area contributed by atoms with E-state index < -0.39 is 47.2 Å². The van der Waals surface area contributed by atoms with Gasteiger partial charge < -0.3 is 15.5 Å². The van der Waals surface area contributed by atoms with Gasteiger partial charge in [-0.3, -0.25) is 34.3 Å². The van der Waals surface area contributed by atoms with Crippen molar-refractivity contribution < 1.29 is 36.7 Å². The predicted molar refractivity (Wildman–Crippen MR) is 190 cm³/mol. The molecule has 54 heavy (non-hydrogen) atoms. The third kappa shape index (κ3) is 7.46. The Bertz CT molecular complexity index is 2090. The zero-order chi connectivity index (χ0) is 38.1. The normalized spacial score (nSPS) is 17.9. The first-order valence-electron chi connectivity index (χ1n) is 17.4. The maximum atomic E-state index is 15.8. The summed E-state index contributed by atoms with van der Waals surface area (Å²) in [6.45, 7) is 1.77. The molecule has 7 rings (SSSR count). The number of hydrogen-bond acceptors (Lipinski definition) is 10. The summed E-state index contributed by atoms with van der Waals surface area (Å²) in [6.07, 6.45) is -2.39. The fraction of sp³-hybridized carbons (Fsp3) is 0.316. The molecule has 0 saturated carbocycles. The van der Waals surface area contributed by atoms with E-state index in [-0.39, 0.29) is 60.4 Å². The Kier molecular flexibility index (Phi) is 10.0. The van der Waals surface area contributed by atoms with Crippen molar-refractivity contribution >= 4 is 46.8 Å². The molecule has 4 heterocycles. The number of aromatic nitrogens is 2. The smallest absolute Gasteiger partial charge is 0.371 e. The van der Waals surface area contributed by atoms with Crippen molar-refractivity contribution in [3.63, 3.8) is 0 Å². The second-order valence-electron chi connectivity index (χ2n) is 13.5. The van der Waals surface area contributed by atoms with Crippen LogP contribution in [0.15, 0.2) is 72.9 Å². The molecule has 2 fully saturated rings. The van der Waals surface area contributed by atoms with Gasteiger partial charge in [-0.05, 0) is 62.2 Å². The number of imide groups is 2. The standard InChI is InChI=1S/C38H36F4N8O4/c1-48(21-23-7-12-27-31(32(23)39)36(54)50(35(27)53)29-13-14-30(51)46-34(29)52)25-15-17-49(18-16-25)26-10-8-24(9-11-26)45-37-44-20-28(38(40,41)42)33(47-37)43-19-22-5-3-2-4-6-22/h2-12,20,25,29H,13-19,21H2,1H3,(H,46,51,52)(H2,43,44,45,47). The van der Waals surface area contributed by atoms with Gasteiger partial charge in [-0.15, -0.1) is 0 Å². The first kappa shape index (κ1) is 36.5. The number of hydrogen-bond donors (Lipinski definition) is 3. The van der Waals surface area contributed by atoms with Crippen LogP contribution in [-0.2, 0) is 28.9 Å². The molecule has 2 saturated heterocycles. The number of nitrogens with zero attached hydrogens (tertiary/aromatic N) is 5. The maximum absolute atomic E-state index is 15.8. The third-order valence-corrected chi connectivity index (χ3v) is 10.0. The van der Waals surface area contributed by atoms with Crippen LogP contribution in [-0.4, -0.2) is 75.6 Å². The molecular weight excluding hydrogens is 708 g/mol. The molecule has 4 aromatic rings. The van der Waals surface area contributed by atoms with Gasteiger partial charge in [0.15, 0.2) is 0 Å². The zero-order valence-electron chi connectivity index (χ0n) is 29.1. The molecule has 4 amide bonds. The first-order valence-corrected chi connectivity index (χ1v) is 17.4. The van der Waals surface area contributed by atoms with E-state index in [4.69, 9.17) is 0 Å². The van der Waals surface area contributed by atoms with Crippen molar-refractivity contribution in [1.82, 2.24) is 25.1 Å². The van der Waals surface area contributed by atoms with Crippen LogP contribution in [0.4, 0.5) is 40.7 Å². The molecule has 280 valence electrons. The molecule has 3 N–H and O–H groups in total. The van der Waals surface area contributed by atoms with Crippen LogP contribution < -0.4 is 20.9 Å². The van der Waals surface area contributed by atoms with Gasteiger partial charge in [0.2, 0.25) is 17.8 Å². The summed E-state index contributed by atoms with van der Waals surface area (Å²) in [5.41, 5.74) is 1.19. The van der Waals surface area contributed by atoms with E-state index in [0.717, 1.165) is 35.2 Å². The van der Waals surface area contributed by atoms with Gasteiger partial charge >= 0.3 is 6.18 Å². The minimum atomic E-state index is -4.63. The van der Waals surface area contributed by atoms with E-state index in [2.05, 4.69) is 30.8 Å². The molecule has 16 heteroatoms. The Morgan fingerprint density at radius 2 is 1.65 bits per heavy atom. The van der Waals surface area contributed by atoms with E-state index in [1.807, 2.05) is 30.1 Å². The Morgan fingerprint density at radius 1 is 0.926 bits per heavy atom. The zero-order valence-corrected chi connectivity index (χ0v) is 29.1. The molecule has 1 aromatic heterocycles. The lowest BCUT2D eigenvalue weighted by Gasteiger charge is -2.38. The molecule has 1 atom stereocenters. The van der Waals surface area contributed by atoms with Crippen molar-refractivity contribution in [3.8, 4) is 0 Å². The lowest BCUT2D eigenvalue weighted by atomic mass is 10.0. The topological polar surface area (TPSA) is 140 Å². The number of rotatable bonds is 10. The van der Waals surface area contributed by atoms with Crippen molar-refractivity contribution in [1.29, 1.82) is 0 Å². The molecule has 0 spiro atoms. The summed E-state index contributed by atoms with van der Waals surface area (Å²) >= 11 is 0. The third-order valence-electron chi connectivity index (χ3n) is 10.0. The van der Waals surface area contributed by atoms with Gasteiger partial charge in [0.1, 0.15) is 23.2 Å². The number of halogens is 4. The lowest BCUT2D eigenvalue weighted by Crippen LogP contribution is -2.54. The monoisotopic (exact) mass is 744 g/mol. The van der Waals surface area contributed by atoms with Gasteiger partial charge in [-0.1, -0.05) is 36.4 Å². The number of nitrogens with one attached hydrogen (secondary N) is 3. The fourth-order valence-electron chi connectivity index (χ4n) is 7.10. The highest BCUT2D eigenvalue weighted by Gasteiger charge is 2.46. The van der Waals surface area contributed by atoms with E-state index in [9.17, 15) is 32.3 Å². The van der Waals surface area contributed by atoms with Crippen molar-refractivity contribution in [2.24, 2.45) is 0 Å². The summed E-state index contributed by atoms with van der Waals surface area (Å²) in [5.74, 6) is -3.99. The van der Waals surface area contributed by atoms with E-state index in [1.165, 1.54) is 12.1 Å². The van der Waals surface area contributed by atoms with Gasteiger partial charge in [0.25, 0.3) is 11.8 Å². The number of piperidine rings is 2. The quantitative estimate of drug-likeness (QED) is 0.141. The van der Waals surface area contributed by atoms with Crippen molar-refractivity contribution in [2.75, 3.05) is 35.7 Å². The van der Waals surface area contributed by atoms with Crippen LogP contribution in [0.1, 0.15) is 63.1 Å². The van der Waals surface area contributed by atoms with Gasteiger partial charge in [0, 0.05) is 61.8 Å². The van der Waals surface area contributed by atoms with Crippen LogP contribution in [0.25, 0.3) is 0 Å². The number of fused-ring (bicyclic) bond motifs is 1. The molecule has 0 aliphatic carbocycles. The van der Waals surface area contributed by atoms with E-state index in [0.29, 0.717) is 18.8 Å². The lowest BCUT2D eigenvalue weighted by molar-refractivity contribution is -0.138. The molecule has 3 aliphatic heterocycles. The second kappa shape index (κ2) is 14.9. The minimum absolute atomic E-state index is 0.0116. The highest BCUT2D eigenvalue weighted by molar-refractivity contribution is 6.23. The summed E-state index contributed by atoms with van der Waals surface area (Å²) in [7, 11) is 1.88. The van der Waals surface area contributed by atoms with Gasteiger partial charge in [-0.25, -0.2) is 9.37 Å². The molecule has 0 bridgehead atoms. The highest BCUT2D eigenvalue weighted by Crippen LogP contribution is 2.35. The van der Waals surface area contributed by atoms with E-state index >= 15 is 4.39 Å². The van der Waals surface area contributed by atoms with E-state index in [1.54, 1.807) is 36.4 Å². The molecular formula is C38H36F4N8O4.